The van der Waals surface area contributed by atoms with Crippen molar-refractivity contribution >= 4 is 5.97 Å². The summed E-state index contributed by atoms with van der Waals surface area (Å²) >= 11 is 0. The number of esters is 1. The summed E-state index contributed by atoms with van der Waals surface area (Å²) < 4.78 is 10.5. The third kappa shape index (κ3) is 2.87. The summed E-state index contributed by atoms with van der Waals surface area (Å²) in [5.74, 6) is -0.224. The normalized spacial score (nSPS) is 31.9. The van der Waals surface area contributed by atoms with Crippen LogP contribution in [0.25, 0.3) is 0 Å². The quantitative estimate of drug-likeness (QED) is 0.582. The Labute approximate surface area is 102 Å². The highest BCUT2D eigenvalue weighted by molar-refractivity contribution is 5.88. The summed E-state index contributed by atoms with van der Waals surface area (Å²) in [7, 11) is 1.42. The van der Waals surface area contributed by atoms with Crippen molar-refractivity contribution < 1.29 is 14.3 Å². The van der Waals surface area contributed by atoms with E-state index in [1.807, 2.05) is 13.0 Å². The molecule has 2 saturated heterocycles. The first-order valence-electron chi connectivity index (χ1n) is 6.40. The predicted molar refractivity (Wildman–Crippen MR) is 64.7 cm³/mol. The lowest BCUT2D eigenvalue weighted by Gasteiger charge is -2.19. The van der Waals surface area contributed by atoms with Crippen LogP contribution >= 0.6 is 0 Å². The molecule has 0 aromatic heterocycles. The summed E-state index contributed by atoms with van der Waals surface area (Å²) in [5.41, 5.74) is 0.740. The lowest BCUT2D eigenvalue weighted by Crippen LogP contribution is -2.37. The molecule has 17 heavy (non-hydrogen) atoms. The van der Waals surface area contributed by atoms with E-state index in [9.17, 15) is 4.79 Å². The highest BCUT2D eigenvalue weighted by atomic mass is 16.5. The second-order valence-corrected chi connectivity index (χ2v) is 4.70. The molecule has 0 radical (unpaired) electrons. The summed E-state index contributed by atoms with van der Waals surface area (Å²) in [5, 5.41) is 3.45. The van der Waals surface area contributed by atoms with Crippen molar-refractivity contribution in [3.63, 3.8) is 0 Å². The molecule has 2 heterocycles. The Morgan fingerprint density at radius 2 is 2.35 bits per heavy atom. The van der Waals surface area contributed by atoms with Gasteiger partial charge in [0.05, 0.1) is 19.3 Å². The van der Waals surface area contributed by atoms with Crippen LogP contribution in [0.5, 0.6) is 0 Å². The molecule has 2 bridgehead atoms. The zero-order chi connectivity index (χ0) is 12.3. The molecule has 2 rings (SSSR count). The van der Waals surface area contributed by atoms with Gasteiger partial charge in [-0.1, -0.05) is 13.0 Å². The zero-order valence-electron chi connectivity index (χ0n) is 10.6. The topological polar surface area (TPSA) is 47.6 Å². The third-order valence-electron chi connectivity index (χ3n) is 3.66. The van der Waals surface area contributed by atoms with E-state index in [1.165, 1.54) is 20.0 Å². The molecule has 4 heteroatoms. The molecule has 0 amide bonds. The molecule has 0 aromatic carbocycles. The molecule has 4 nitrogen and oxygen atoms in total. The lowest BCUT2D eigenvalue weighted by molar-refractivity contribution is -0.136. The Bertz CT molecular complexity index is 314. The minimum Gasteiger partial charge on any atom is -0.466 e. The second kappa shape index (κ2) is 5.65. The second-order valence-electron chi connectivity index (χ2n) is 4.70. The van der Waals surface area contributed by atoms with Crippen LogP contribution in [0.4, 0.5) is 0 Å². The van der Waals surface area contributed by atoms with Crippen LogP contribution in [-0.2, 0) is 14.3 Å². The lowest BCUT2D eigenvalue weighted by atomic mass is 9.95. The molecule has 0 saturated carbocycles. The first kappa shape index (κ1) is 12.6. The van der Waals surface area contributed by atoms with E-state index in [-0.39, 0.29) is 5.97 Å². The fourth-order valence-electron chi connectivity index (χ4n) is 2.69. The Morgan fingerprint density at radius 3 is 2.88 bits per heavy atom. The summed E-state index contributed by atoms with van der Waals surface area (Å²) in [6.45, 7) is 2.68. The number of fused-ring (bicyclic) bond motifs is 2. The maximum atomic E-state index is 11.4. The molecule has 0 spiro atoms. The van der Waals surface area contributed by atoms with Gasteiger partial charge in [0.25, 0.3) is 0 Å². The standard InChI is InChI=1S/C13H21NO3/c1-3-9(13(15)16-2)6-7-14-11-8-10-4-5-12(11)17-10/h6,10-12,14H,3-5,7-8H2,1-2H3. The molecule has 0 aromatic rings. The van der Waals surface area contributed by atoms with Crippen LogP contribution in [-0.4, -0.2) is 37.9 Å². The van der Waals surface area contributed by atoms with E-state index in [4.69, 9.17) is 9.47 Å². The monoisotopic (exact) mass is 239 g/mol. The first-order valence-corrected chi connectivity index (χ1v) is 6.40. The van der Waals surface area contributed by atoms with Gasteiger partial charge in [0.15, 0.2) is 0 Å². The van der Waals surface area contributed by atoms with Gasteiger partial charge in [-0.2, -0.15) is 0 Å². The van der Waals surface area contributed by atoms with Crippen LogP contribution in [0.3, 0.4) is 0 Å². The molecule has 0 aliphatic carbocycles. The molecule has 3 unspecified atom stereocenters. The van der Waals surface area contributed by atoms with E-state index in [2.05, 4.69) is 5.32 Å². The van der Waals surface area contributed by atoms with Gasteiger partial charge >= 0.3 is 5.97 Å². The molecule has 2 aliphatic heterocycles. The minimum absolute atomic E-state index is 0.224. The van der Waals surface area contributed by atoms with Gasteiger partial charge in [-0.3, -0.25) is 0 Å². The van der Waals surface area contributed by atoms with Gasteiger partial charge < -0.3 is 14.8 Å². The van der Waals surface area contributed by atoms with E-state index >= 15 is 0 Å². The largest absolute Gasteiger partial charge is 0.466 e. The maximum absolute atomic E-state index is 11.4. The van der Waals surface area contributed by atoms with E-state index in [1.54, 1.807) is 0 Å². The smallest absolute Gasteiger partial charge is 0.333 e. The molecule has 1 N–H and O–H groups in total. The number of hydrogen-bond acceptors (Lipinski definition) is 4. The summed E-state index contributed by atoms with van der Waals surface area (Å²) in [6.07, 6.45) is 6.98. The Kier molecular flexibility index (Phi) is 4.18. The summed E-state index contributed by atoms with van der Waals surface area (Å²) in [4.78, 5) is 11.4. The summed E-state index contributed by atoms with van der Waals surface area (Å²) in [6, 6.07) is 0.459. The highest BCUT2D eigenvalue weighted by Gasteiger charge is 2.40. The molecule has 96 valence electrons. The molecule has 3 atom stereocenters. The van der Waals surface area contributed by atoms with Crippen LogP contribution in [0.2, 0.25) is 0 Å². The number of nitrogens with one attached hydrogen (secondary N) is 1. The van der Waals surface area contributed by atoms with Crippen molar-refractivity contribution in [1.82, 2.24) is 5.32 Å². The van der Waals surface area contributed by atoms with Crippen molar-refractivity contribution in [2.75, 3.05) is 13.7 Å². The average Bonchev–Trinajstić information content (AvgIpc) is 2.96. The van der Waals surface area contributed by atoms with Crippen molar-refractivity contribution in [3.8, 4) is 0 Å². The minimum atomic E-state index is -0.224. The Balaban J connectivity index is 1.78. The van der Waals surface area contributed by atoms with Crippen molar-refractivity contribution in [2.24, 2.45) is 0 Å². The molecular weight excluding hydrogens is 218 g/mol. The number of carbonyl (C=O) groups is 1. The van der Waals surface area contributed by atoms with Crippen molar-refractivity contribution in [3.05, 3.63) is 11.6 Å². The SMILES string of the molecule is CCC(=CCNC1CC2CCC1O2)C(=O)OC. The van der Waals surface area contributed by atoms with Crippen LogP contribution in [0.15, 0.2) is 11.6 Å². The zero-order valence-corrected chi connectivity index (χ0v) is 10.6. The van der Waals surface area contributed by atoms with Gasteiger partial charge in [-0.25, -0.2) is 4.79 Å². The first-order chi connectivity index (χ1) is 8.24. The van der Waals surface area contributed by atoms with E-state index in [0.717, 1.165) is 18.5 Å². The fourth-order valence-corrected chi connectivity index (χ4v) is 2.69. The maximum Gasteiger partial charge on any atom is 0.333 e. The van der Waals surface area contributed by atoms with E-state index in [0.29, 0.717) is 24.7 Å². The fraction of sp³-hybridized carbons (Fsp3) is 0.769. The van der Waals surface area contributed by atoms with E-state index < -0.39 is 0 Å². The van der Waals surface area contributed by atoms with Crippen LogP contribution in [0, 0.1) is 0 Å². The number of hydrogen-bond donors (Lipinski definition) is 1. The van der Waals surface area contributed by atoms with Crippen LogP contribution < -0.4 is 5.32 Å². The molecule has 2 aliphatic rings. The predicted octanol–water partition coefficient (Wildman–Crippen LogP) is 1.41. The molecular formula is C13H21NO3. The van der Waals surface area contributed by atoms with Crippen LogP contribution in [0.1, 0.15) is 32.6 Å². The number of rotatable bonds is 5. The van der Waals surface area contributed by atoms with Gasteiger partial charge in [0.2, 0.25) is 0 Å². The van der Waals surface area contributed by atoms with Gasteiger partial charge in [0, 0.05) is 18.2 Å². The highest BCUT2D eigenvalue weighted by Crippen LogP contribution is 2.34. The number of methoxy groups -OCH3 is 1. The Morgan fingerprint density at radius 1 is 1.53 bits per heavy atom. The van der Waals surface area contributed by atoms with Gasteiger partial charge in [-0.05, 0) is 25.7 Å². The van der Waals surface area contributed by atoms with Gasteiger partial charge in [0.1, 0.15) is 0 Å². The third-order valence-corrected chi connectivity index (χ3v) is 3.66. The van der Waals surface area contributed by atoms with Gasteiger partial charge in [-0.15, -0.1) is 0 Å². The Hall–Kier alpha value is -0.870. The average molecular weight is 239 g/mol. The molecule has 2 fully saturated rings. The van der Waals surface area contributed by atoms with Crippen molar-refractivity contribution in [2.45, 2.75) is 50.9 Å². The van der Waals surface area contributed by atoms with Crippen molar-refractivity contribution in [1.29, 1.82) is 0 Å². The number of carbonyl (C=O) groups excluding carboxylic acids is 1. The number of ether oxygens (including phenoxy) is 2.